The maximum atomic E-state index is 12.9. The van der Waals surface area contributed by atoms with Crippen molar-refractivity contribution >= 4 is 15.9 Å². The van der Waals surface area contributed by atoms with E-state index in [2.05, 4.69) is 19.2 Å². The van der Waals surface area contributed by atoms with Crippen molar-refractivity contribution in [3.63, 3.8) is 0 Å². The third kappa shape index (κ3) is 5.84. The van der Waals surface area contributed by atoms with Gasteiger partial charge < -0.3 is 14.8 Å². The predicted octanol–water partition coefficient (Wildman–Crippen LogP) is 3.23. The smallest absolute Gasteiger partial charge is 0.251 e. The highest BCUT2D eigenvalue weighted by Crippen LogP contribution is 2.24. The first kappa shape index (κ1) is 23.2. The zero-order chi connectivity index (χ0) is 22.4. The quantitative estimate of drug-likeness (QED) is 0.673. The molecule has 31 heavy (non-hydrogen) atoms. The van der Waals surface area contributed by atoms with E-state index in [1.165, 1.54) is 16.4 Å². The van der Waals surface area contributed by atoms with E-state index >= 15 is 0 Å². The standard InChI is InChI=1S/C23H30N2O5S/c1-17(2)16-22(18-4-8-20(29-3)9-5-18)24-23(26)19-6-10-21(11-7-19)31(27,28)25-12-14-30-15-13-25/h4-11,17,22H,12-16H2,1-3H3,(H,24,26)/t22-/m0/s1. The molecule has 2 aromatic rings. The van der Waals surface area contributed by atoms with Crippen molar-refractivity contribution in [1.29, 1.82) is 0 Å². The molecule has 7 nitrogen and oxygen atoms in total. The molecule has 0 aliphatic carbocycles. The third-order valence-corrected chi connectivity index (χ3v) is 7.17. The SMILES string of the molecule is COc1ccc([C@H](CC(C)C)NC(=O)c2ccc(S(=O)(=O)N3CCOCC3)cc2)cc1. The van der Waals surface area contributed by atoms with Crippen molar-refractivity contribution in [2.24, 2.45) is 5.92 Å². The van der Waals surface area contributed by atoms with Gasteiger partial charge in [0.15, 0.2) is 0 Å². The van der Waals surface area contributed by atoms with Gasteiger partial charge in [-0.2, -0.15) is 4.31 Å². The van der Waals surface area contributed by atoms with Gasteiger partial charge in [-0.05, 0) is 54.3 Å². The van der Waals surface area contributed by atoms with Gasteiger partial charge in [0.1, 0.15) is 5.75 Å². The lowest BCUT2D eigenvalue weighted by atomic mass is 9.96. The maximum Gasteiger partial charge on any atom is 0.251 e. The van der Waals surface area contributed by atoms with Crippen LogP contribution >= 0.6 is 0 Å². The summed E-state index contributed by atoms with van der Waals surface area (Å²) in [5.41, 5.74) is 1.41. The fourth-order valence-corrected chi connectivity index (χ4v) is 4.95. The van der Waals surface area contributed by atoms with Crippen LogP contribution in [-0.4, -0.2) is 52.0 Å². The van der Waals surface area contributed by atoms with E-state index < -0.39 is 10.0 Å². The first-order chi connectivity index (χ1) is 14.8. The van der Waals surface area contributed by atoms with E-state index in [0.717, 1.165) is 17.7 Å². The molecule has 1 aliphatic heterocycles. The first-order valence-corrected chi connectivity index (χ1v) is 11.9. The van der Waals surface area contributed by atoms with Gasteiger partial charge >= 0.3 is 0 Å². The number of carbonyl (C=O) groups is 1. The molecule has 8 heteroatoms. The monoisotopic (exact) mass is 446 g/mol. The number of nitrogens with one attached hydrogen (secondary N) is 1. The zero-order valence-corrected chi connectivity index (χ0v) is 19.0. The number of amides is 1. The van der Waals surface area contributed by atoms with Crippen LogP contribution in [0.25, 0.3) is 0 Å². The Kier molecular flexibility index (Phi) is 7.69. The summed E-state index contributed by atoms with van der Waals surface area (Å²) in [6.07, 6.45) is 0.779. The van der Waals surface area contributed by atoms with Gasteiger partial charge in [-0.3, -0.25) is 4.79 Å². The lowest BCUT2D eigenvalue weighted by Crippen LogP contribution is -2.40. The first-order valence-electron chi connectivity index (χ1n) is 10.4. The minimum absolute atomic E-state index is 0.157. The van der Waals surface area contributed by atoms with Crippen LogP contribution in [0.4, 0.5) is 0 Å². The molecule has 0 radical (unpaired) electrons. The van der Waals surface area contributed by atoms with Gasteiger partial charge in [0.2, 0.25) is 10.0 Å². The molecular formula is C23H30N2O5S. The van der Waals surface area contributed by atoms with Gasteiger partial charge in [-0.25, -0.2) is 8.42 Å². The molecule has 1 heterocycles. The van der Waals surface area contributed by atoms with E-state index in [-0.39, 0.29) is 16.8 Å². The second kappa shape index (κ2) is 10.3. The average molecular weight is 447 g/mol. The van der Waals surface area contributed by atoms with Gasteiger partial charge in [0, 0.05) is 18.7 Å². The minimum atomic E-state index is -3.58. The molecule has 2 aromatic carbocycles. The van der Waals surface area contributed by atoms with E-state index in [9.17, 15) is 13.2 Å². The molecular weight excluding hydrogens is 416 g/mol. The van der Waals surface area contributed by atoms with Crippen LogP contribution in [0.5, 0.6) is 5.75 Å². The zero-order valence-electron chi connectivity index (χ0n) is 18.2. The minimum Gasteiger partial charge on any atom is -0.497 e. The van der Waals surface area contributed by atoms with Crippen LogP contribution in [0.1, 0.15) is 42.2 Å². The molecule has 0 saturated carbocycles. The molecule has 1 aliphatic rings. The summed E-state index contributed by atoms with van der Waals surface area (Å²) >= 11 is 0. The van der Waals surface area contributed by atoms with Gasteiger partial charge in [0.25, 0.3) is 5.91 Å². The Hall–Kier alpha value is -2.42. The highest BCUT2D eigenvalue weighted by Gasteiger charge is 2.26. The van der Waals surface area contributed by atoms with Gasteiger partial charge in [0.05, 0.1) is 31.3 Å². The summed E-state index contributed by atoms with van der Waals surface area (Å²) < 4.78 is 37.4. The Morgan fingerprint density at radius 3 is 2.23 bits per heavy atom. The number of carbonyl (C=O) groups excluding carboxylic acids is 1. The maximum absolute atomic E-state index is 12.9. The van der Waals surface area contributed by atoms with Crippen molar-refractivity contribution in [2.75, 3.05) is 33.4 Å². The number of hydrogen-bond acceptors (Lipinski definition) is 5. The summed E-state index contributed by atoms with van der Waals surface area (Å²) in [6, 6.07) is 13.6. The van der Waals surface area contributed by atoms with Crippen molar-refractivity contribution in [1.82, 2.24) is 9.62 Å². The van der Waals surface area contributed by atoms with Crippen molar-refractivity contribution in [2.45, 2.75) is 31.2 Å². The number of ether oxygens (including phenoxy) is 2. The second-order valence-corrected chi connectivity index (χ2v) is 9.91. The largest absolute Gasteiger partial charge is 0.497 e. The summed E-state index contributed by atoms with van der Waals surface area (Å²) in [7, 11) is -1.97. The van der Waals surface area contributed by atoms with Crippen molar-refractivity contribution in [3.05, 3.63) is 59.7 Å². The Balaban J connectivity index is 1.74. The van der Waals surface area contributed by atoms with Gasteiger partial charge in [-0.1, -0.05) is 26.0 Å². The molecule has 0 unspecified atom stereocenters. The molecule has 1 saturated heterocycles. The topological polar surface area (TPSA) is 84.9 Å². The van der Waals surface area contributed by atoms with Gasteiger partial charge in [-0.15, -0.1) is 0 Å². The number of hydrogen-bond donors (Lipinski definition) is 1. The Bertz CT molecular complexity index is 966. The molecule has 1 N–H and O–H groups in total. The summed E-state index contributed by atoms with van der Waals surface area (Å²) in [6.45, 7) is 5.67. The average Bonchev–Trinajstić information content (AvgIpc) is 2.79. The molecule has 0 spiro atoms. The highest BCUT2D eigenvalue weighted by molar-refractivity contribution is 7.89. The summed E-state index contributed by atoms with van der Waals surface area (Å²) in [5, 5.41) is 3.08. The lowest BCUT2D eigenvalue weighted by Gasteiger charge is -2.26. The number of morpholine rings is 1. The number of nitrogens with zero attached hydrogens (tertiary/aromatic N) is 1. The molecule has 3 rings (SSSR count). The van der Waals surface area contributed by atoms with E-state index in [0.29, 0.717) is 37.8 Å². The van der Waals surface area contributed by atoms with Crippen LogP contribution in [0.3, 0.4) is 0 Å². The van der Waals surface area contributed by atoms with Crippen LogP contribution in [-0.2, 0) is 14.8 Å². The molecule has 168 valence electrons. The second-order valence-electron chi connectivity index (χ2n) is 7.97. The summed E-state index contributed by atoms with van der Waals surface area (Å²) in [4.78, 5) is 13.1. The highest BCUT2D eigenvalue weighted by atomic mass is 32.2. The van der Waals surface area contributed by atoms with Crippen LogP contribution in [0, 0.1) is 5.92 Å². The molecule has 1 amide bonds. The number of sulfonamides is 1. The Morgan fingerprint density at radius 1 is 1.06 bits per heavy atom. The normalized spacial score (nSPS) is 16.1. The molecule has 0 aromatic heterocycles. The molecule has 1 atom stereocenters. The van der Waals surface area contributed by atoms with Crippen LogP contribution in [0.2, 0.25) is 0 Å². The van der Waals surface area contributed by atoms with Crippen LogP contribution < -0.4 is 10.1 Å². The number of methoxy groups -OCH3 is 1. The lowest BCUT2D eigenvalue weighted by molar-refractivity contribution is 0.0730. The van der Waals surface area contributed by atoms with Crippen molar-refractivity contribution < 1.29 is 22.7 Å². The van der Waals surface area contributed by atoms with E-state index in [1.807, 2.05) is 24.3 Å². The van der Waals surface area contributed by atoms with E-state index in [1.54, 1.807) is 19.2 Å². The fourth-order valence-electron chi connectivity index (χ4n) is 3.54. The van der Waals surface area contributed by atoms with Crippen molar-refractivity contribution in [3.8, 4) is 5.75 Å². The number of benzene rings is 2. The molecule has 1 fully saturated rings. The van der Waals surface area contributed by atoms with E-state index in [4.69, 9.17) is 9.47 Å². The third-order valence-electron chi connectivity index (χ3n) is 5.25. The fraction of sp³-hybridized carbons (Fsp3) is 0.435. The Labute approximate surface area is 184 Å². The molecule has 0 bridgehead atoms. The predicted molar refractivity (Wildman–Crippen MR) is 119 cm³/mol. The number of rotatable bonds is 8. The summed E-state index contributed by atoms with van der Waals surface area (Å²) in [5.74, 6) is 0.903. The van der Waals surface area contributed by atoms with Crippen LogP contribution in [0.15, 0.2) is 53.4 Å². The Morgan fingerprint density at radius 2 is 1.68 bits per heavy atom.